The van der Waals surface area contributed by atoms with E-state index in [4.69, 9.17) is 4.74 Å². The summed E-state index contributed by atoms with van der Waals surface area (Å²) in [4.78, 5) is 16.4. The topological polar surface area (TPSA) is 39.2 Å². The highest BCUT2D eigenvalue weighted by atomic mass is 19.1. The van der Waals surface area contributed by atoms with Crippen LogP contribution in [0.2, 0.25) is 0 Å². The Bertz CT molecular complexity index is 440. The minimum absolute atomic E-state index is 0.122. The van der Waals surface area contributed by atoms with Crippen molar-refractivity contribution in [3.63, 3.8) is 0 Å². The molecular formula is C15H20FNO2. The first-order valence-corrected chi connectivity index (χ1v) is 6.97. The summed E-state index contributed by atoms with van der Waals surface area (Å²) in [6, 6.07) is 1.25. The standard InChI is InChI=1S/C15H20FNO2/c1-2-19-15(7-5-3-4-6-8-15)14(18)12-9-13(16)11-17-10-12/h9-11H,2-8H2,1H3. The van der Waals surface area contributed by atoms with E-state index in [1.54, 1.807) is 0 Å². The third-order valence-electron chi connectivity index (χ3n) is 3.71. The fourth-order valence-electron chi connectivity index (χ4n) is 2.81. The van der Waals surface area contributed by atoms with Crippen LogP contribution in [0.15, 0.2) is 18.5 Å². The summed E-state index contributed by atoms with van der Waals surface area (Å²) >= 11 is 0. The van der Waals surface area contributed by atoms with E-state index in [-0.39, 0.29) is 5.78 Å². The second-order valence-electron chi connectivity index (χ2n) is 5.06. The Kier molecular flexibility index (Phi) is 4.64. The molecular weight excluding hydrogens is 245 g/mol. The lowest BCUT2D eigenvalue weighted by atomic mass is 9.86. The van der Waals surface area contributed by atoms with Crippen LogP contribution < -0.4 is 0 Å². The van der Waals surface area contributed by atoms with E-state index in [0.717, 1.165) is 44.7 Å². The van der Waals surface area contributed by atoms with Gasteiger partial charge in [0.15, 0.2) is 5.78 Å². The Hall–Kier alpha value is -1.29. The molecule has 19 heavy (non-hydrogen) atoms. The predicted octanol–water partition coefficient (Wildman–Crippen LogP) is 3.53. The van der Waals surface area contributed by atoms with E-state index < -0.39 is 11.4 Å². The second-order valence-corrected chi connectivity index (χ2v) is 5.06. The molecule has 1 aliphatic rings. The third kappa shape index (κ3) is 3.18. The van der Waals surface area contributed by atoms with Gasteiger partial charge >= 0.3 is 0 Å². The zero-order valence-electron chi connectivity index (χ0n) is 11.3. The molecule has 4 heteroatoms. The molecule has 104 valence electrons. The summed E-state index contributed by atoms with van der Waals surface area (Å²) in [6.45, 7) is 2.39. The lowest BCUT2D eigenvalue weighted by molar-refractivity contribution is -0.0292. The molecule has 0 N–H and O–H groups in total. The SMILES string of the molecule is CCOC1(C(=O)c2cncc(F)c2)CCCCCC1. The fraction of sp³-hybridized carbons (Fsp3) is 0.600. The Morgan fingerprint density at radius 1 is 1.32 bits per heavy atom. The van der Waals surface area contributed by atoms with Crippen molar-refractivity contribution in [3.05, 3.63) is 29.8 Å². The van der Waals surface area contributed by atoms with Crippen molar-refractivity contribution >= 4 is 5.78 Å². The van der Waals surface area contributed by atoms with Crippen molar-refractivity contribution in [2.75, 3.05) is 6.61 Å². The molecule has 0 bridgehead atoms. The van der Waals surface area contributed by atoms with Crippen LogP contribution in [0.25, 0.3) is 0 Å². The number of hydrogen-bond acceptors (Lipinski definition) is 3. The number of halogens is 1. The molecule has 1 fully saturated rings. The molecule has 1 heterocycles. The Morgan fingerprint density at radius 3 is 2.58 bits per heavy atom. The highest BCUT2D eigenvalue weighted by Gasteiger charge is 2.39. The zero-order valence-corrected chi connectivity index (χ0v) is 11.3. The smallest absolute Gasteiger partial charge is 0.196 e. The molecule has 0 radical (unpaired) electrons. The van der Waals surface area contributed by atoms with Crippen molar-refractivity contribution in [3.8, 4) is 0 Å². The van der Waals surface area contributed by atoms with Crippen LogP contribution in [0.5, 0.6) is 0 Å². The average Bonchev–Trinajstić information content (AvgIpc) is 2.65. The molecule has 1 aliphatic carbocycles. The van der Waals surface area contributed by atoms with Crippen molar-refractivity contribution in [2.24, 2.45) is 0 Å². The first-order valence-electron chi connectivity index (χ1n) is 6.97. The van der Waals surface area contributed by atoms with Gasteiger partial charge in [0.2, 0.25) is 0 Å². The maximum Gasteiger partial charge on any atom is 0.196 e. The van der Waals surface area contributed by atoms with Gasteiger partial charge in [-0.3, -0.25) is 9.78 Å². The van der Waals surface area contributed by atoms with Crippen molar-refractivity contribution in [1.29, 1.82) is 0 Å². The van der Waals surface area contributed by atoms with Gasteiger partial charge in [0.25, 0.3) is 0 Å². The number of ketones is 1. The predicted molar refractivity (Wildman–Crippen MR) is 70.6 cm³/mol. The average molecular weight is 265 g/mol. The van der Waals surface area contributed by atoms with Gasteiger partial charge < -0.3 is 4.74 Å². The third-order valence-corrected chi connectivity index (χ3v) is 3.71. The summed E-state index contributed by atoms with van der Waals surface area (Å²) in [5.41, 5.74) is -0.462. The lowest BCUT2D eigenvalue weighted by Crippen LogP contribution is -2.41. The normalized spacial score (nSPS) is 18.8. The monoisotopic (exact) mass is 265 g/mol. The van der Waals surface area contributed by atoms with Crippen LogP contribution in [-0.4, -0.2) is 23.0 Å². The van der Waals surface area contributed by atoms with Crippen LogP contribution >= 0.6 is 0 Å². The number of Topliss-reactive ketones (excluding diaryl/α,β-unsaturated/α-hetero) is 1. The van der Waals surface area contributed by atoms with Gasteiger partial charge in [-0.25, -0.2) is 4.39 Å². The van der Waals surface area contributed by atoms with E-state index in [2.05, 4.69) is 4.98 Å². The highest BCUT2D eigenvalue weighted by Crippen LogP contribution is 2.33. The van der Waals surface area contributed by atoms with Gasteiger partial charge in [0.05, 0.1) is 6.20 Å². The minimum Gasteiger partial charge on any atom is -0.367 e. The van der Waals surface area contributed by atoms with Gasteiger partial charge in [0.1, 0.15) is 11.4 Å². The quantitative estimate of drug-likeness (QED) is 0.617. The number of aromatic nitrogens is 1. The van der Waals surface area contributed by atoms with E-state index in [1.165, 1.54) is 12.3 Å². The number of nitrogens with zero attached hydrogens (tertiary/aromatic N) is 1. The first-order chi connectivity index (χ1) is 9.18. The number of ether oxygens (including phenoxy) is 1. The summed E-state index contributed by atoms with van der Waals surface area (Å²) < 4.78 is 19.0. The number of hydrogen-bond donors (Lipinski definition) is 0. The summed E-state index contributed by atoms with van der Waals surface area (Å²) in [6.07, 6.45) is 8.19. The molecule has 1 aromatic heterocycles. The largest absolute Gasteiger partial charge is 0.367 e. The molecule has 0 spiro atoms. The summed E-state index contributed by atoms with van der Waals surface area (Å²) in [5, 5.41) is 0. The van der Waals surface area contributed by atoms with Crippen LogP contribution in [0.1, 0.15) is 55.8 Å². The lowest BCUT2D eigenvalue weighted by Gasteiger charge is -2.31. The molecule has 2 rings (SSSR count). The molecule has 0 amide bonds. The number of rotatable bonds is 4. The highest BCUT2D eigenvalue weighted by molar-refractivity contribution is 6.02. The molecule has 1 saturated carbocycles. The molecule has 0 saturated heterocycles. The first kappa shape index (κ1) is 14.1. The van der Waals surface area contributed by atoms with E-state index in [1.807, 2.05) is 6.92 Å². The maximum absolute atomic E-state index is 13.2. The Labute approximate surface area is 113 Å². The molecule has 0 unspecified atom stereocenters. The number of carbonyl (C=O) groups is 1. The molecule has 0 atom stereocenters. The maximum atomic E-state index is 13.2. The van der Waals surface area contributed by atoms with Crippen molar-refractivity contribution < 1.29 is 13.9 Å². The minimum atomic E-state index is -0.777. The van der Waals surface area contributed by atoms with Gasteiger partial charge in [-0.05, 0) is 25.8 Å². The Morgan fingerprint density at radius 2 is 2.00 bits per heavy atom. The van der Waals surface area contributed by atoms with Gasteiger partial charge in [-0.1, -0.05) is 25.7 Å². The van der Waals surface area contributed by atoms with Gasteiger partial charge in [-0.15, -0.1) is 0 Å². The summed E-state index contributed by atoms with van der Waals surface area (Å²) in [5.74, 6) is -0.602. The Balaban J connectivity index is 2.29. The molecule has 3 nitrogen and oxygen atoms in total. The van der Waals surface area contributed by atoms with Crippen LogP contribution in [-0.2, 0) is 4.74 Å². The van der Waals surface area contributed by atoms with E-state index >= 15 is 0 Å². The van der Waals surface area contributed by atoms with E-state index in [0.29, 0.717) is 12.2 Å². The molecule has 1 aromatic rings. The summed E-state index contributed by atoms with van der Waals surface area (Å²) in [7, 11) is 0. The molecule has 0 aliphatic heterocycles. The van der Waals surface area contributed by atoms with E-state index in [9.17, 15) is 9.18 Å². The zero-order chi connectivity index (χ0) is 13.7. The number of carbonyl (C=O) groups excluding carboxylic acids is 1. The van der Waals surface area contributed by atoms with Crippen molar-refractivity contribution in [1.82, 2.24) is 4.98 Å². The van der Waals surface area contributed by atoms with Crippen LogP contribution in [0.4, 0.5) is 4.39 Å². The van der Waals surface area contributed by atoms with Crippen molar-refractivity contribution in [2.45, 2.75) is 51.0 Å². The van der Waals surface area contributed by atoms with Crippen LogP contribution in [0, 0.1) is 5.82 Å². The van der Waals surface area contributed by atoms with Gasteiger partial charge in [0, 0.05) is 18.4 Å². The fourth-order valence-corrected chi connectivity index (χ4v) is 2.81. The second kappa shape index (κ2) is 6.24. The number of pyridine rings is 1. The van der Waals surface area contributed by atoms with Crippen LogP contribution in [0.3, 0.4) is 0 Å². The van der Waals surface area contributed by atoms with Gasteiger partial charge in [-0.2, -0.15) is 0 Å². The molecule has 0 aromatic carbocycles.